The van der Waals surface area contributed by atoms with Gasteiger partial charge in [0.15, 0.2) is 5.82 Å². The molecule has 0 aliphatic heterocycles. The lowest BCUT2D eigenvalue weighted by Gasteiger charge is -2.12. The van der Waals surface area contributed by atoms with Crippen molar-refractivity contribution in [2.45, 2.75) is 39.6 Å². The Balaban J connectivity index is 0.000000505. The highest BCUT2D eigenvalue weighted by Crippen LogP contribution is 2.31. The molecular weight excluding hydrogens is 500 g/mol. The molecule has 38 heavy (non-hydrogen) atoms. The van der Waals surface area contributed by atoms with Crippen molar-refractivity contribution in [3.8, 4) is 28.5 Å². The summed E-state index contributed by atoms with van der Waals surface area (Å²) in [5.74, 6) is -0.158. The van der Waals surface area contributed by atoms with Crippen LogP contribution < -0.4 is 10.5 Å². The van der Waals surface area contributed by atoms with E-state index in [4.69, 9.17) is 16.3 Å². The topological polar surface area (TPSA) is 85.9 Å². The minimum atomic E-state index is -0.571. The van der Waals surface area contributed by atoms with Gasteiger partial charge in [0.25, 0.3) is 6.01 Å². The highest BCUT2D eigenvalue weighted by Gasteiger charge is 2.15. The van der Waals surface area contributed by atoms with Crippen LogP contribution in [0.3, 0.4) is 0 Å². The quantitative estimate of drug-likeness (QED) is 0.181. The zero-order valence-corrected chi connectivity index (χ0v) is 22.7. The molecule has 0 bridgehead atoms. The lowest BCUT2D eigenvalue weighted by molar-refractivity contribution is 0.301. The van der Waals surface area contributed by atoms with E-state index in [0.29, 0.717) is 25.0 Å². The van der Waals surface area contributed by atoms with E-state index in [2.05, 4.69) is 61.5 Å². The van der Waals surface area contributed by atoms with Gasteiger partial charge in [0.05, 0.1) is 24.2 Å². The second kappa shape index (κ2) is 12.4. The fourth-order valence-electron chi connectivity index (χ4n) is 4.25. The Bertz CT molecular complexity index is 1580. The Morgan fingerprint density at radius 2 is 1.82 bits per heavy atom. The summed E-state index contributed by atoms with van der Waals surface area (Å²) in [7, 11) is 0. The van der Waals surface area contributed by atoms with Gasteiger partial charge in [-0.3, -0.25) is 14.1 Å². The molecule has 0 aliphatic carbocycles. The number of halogens is 1. The van der Waals surface area contributed by atoms with Crippen molar-refractivity contribution in [3.05, 3.63) is 101 Å². The Labute approximate surface area is 226 Å². The number of rotatable bonds is 7. The van der Waals surface area contributed by atoms with Gasteiger partial charge in [-0.25, -0.2) is 4.79 Å². The zero-order valence-electron chi connectivity index (χ0n) is 21.9. The second-order valence-electron chi connectivity index (χ2n) is 8.75. The Hall–Kier alpha value is -4.10. The monoisotopic (exact) mass is 530 g/mol. The first-order valence-electron chi connectivity index (χ1n) is 12.5. The molecule has 8 heteroatoms. The van der Waals surface area contributed by atoms with Crippen molar-refractivity contribution in [2.75, 3.05) is 6.61 Å². The lowest BCUT2D eigenvalue weighted by atomic mass is 9.98. The first kappa shape index (κ1) is 26.9. The molecule has 7 nitrogen and oxygen atoms in total. The van der Waals surface area contributed by atoms with Gasteiger partial charge < -0.3 is 4.74 Å². The number of aromatic nitrogens is 4. The van der Waals surface area contributed by atoms with Gasteiger partial charge in [0.2, 0.25) is 0 Å². The van der Waals surface area contributed by atoms with Crippen LogP contribution >= 0.6 is 11.6 Å². The van der Waals surface area contributed by atoms with Crippen LogP contribution in [0.15, 0.2) is 88.2 Å². The first-order valence-corrected chi connectivity index (χ1v) is 12.9. The average molecular weight is 531 g/mol. The van der Waals surface area contributed by atoms with E-state index in [-0.39, 0.29) is 5.38 Å². The number of fused-ring (bicyclic) bond motifs is 1. The van der Waals surface area contributed by atoms with Gasteiger partial charge >= 0.3 is 5.76 Å². The van der Waals surface area contributed by atoms with E-state index >= 15 is 0 Å². The van der Waals surface area contributed by atoms with Gasteiger partial charge in [-0.2, -0.15) is 4.98 Å². The molecular formula is C30H31ClN4O3. The molecule has 196 valence electrons. The number of alkyl halides is 1. The highest BCUT2D eigenvalue weighted by molar-refractivity contribution is 6.21. The summed E-state index contributed by atoms with van der Waals surface area (Å²) >= 11 is 5.49. The number of ether oxygens (including phenoxy) is 1. The summed E-state index contributed by atoms with van der Waals surface area (Å²) in [6, 6.07) is 22.8. The van der Waals surface area contributed by atoms with Gasteiger partial charge in [-0.1, -0.05) is 78.0 Å². The minimum Gasteiger partial charge on any atom is -0.465 e. The van der Waals surface area contributed by atoms with Crippen LogP contribution in [0.2, 0.25) is 0 Å². The SMILES string of the molecule is C/C=C\C(C)Cl.CCOc1nc2cccc(C)c2n1Cc1ccc(-c2ccccc2-c2noc(=O)[nH]2)cc1. The average Bonchev–Trinajstić information content (AvgIpc) is 3.49. The summed E-state index contributed by atoms with van der Waals surface area (Å²) < 4.78 is 12.6. The summed E-state index contributed by atoms with van der Waals surface area (Å²) in [6.45, 7) is 9.15. The molecule has 2 heterocycles. The molecule has 3 aromatic carbocycles. The smallest absolute Gasteiger partial charge is 0.439 e. The highest BCUT2D eigenvalue weighted by atomic mass is 35.5. The molecule has 1 atom stereocenters. The maximum atomic E-state index is 11.4. The maximum Gasteiger partial charge on any atom is 0.439 e. The summed E-state index contributed by atoms with van der Waals surface area (Å²) in [5.41, 5.74) is 7.09. The Morgan fingerprint density at radius 1 is 1.08 bits per heavy atom. The standard InChI is InChI=1S/C25H22N4O3.C5H9Cl/c1-3-31-24-26-21-10-6-7-16(2)22(21)29(24)15-17-11-13-18(14-12-17)19-8-4-5-9-20(19)23-27-25(30)32-28-23;1-3-4-5(2)6/h4-14H,3,15H2,1-2H3,(H,27,28,30);3-5H,1-2H3/b;4-3-. The molecule has 0 spiro atoms. The number of hydrogen-bond donors (Lipinski definition) is 1. The van der Waals surface area contributed by atoms with Crippen molar-refractivity contribution < 1.29 is 9.26 Å². The van der Waals surface area contributed by atoms with Crippen LogP contribution in [0.5, 0.6) is 6.01 Å². The predicted molar refractivity (Wildman–Crippen MR) is 153 cm³/mol. The van der Waals surface area contributed by atoms with E-state index < -0.39 is 5.76 Å². The number of para-hydroxylation sites is 1. The molecule has 0 aliphatic rings. The number of nitrogens with zero attached hydrogens (tertiary/aromatic N) is 3. The summed E-state index contributed by atoms with van der Waals surface area (Å²) in [5, 5.41) is 4.03. The van der Waals surface area contributed by atoms with Gasteiger partial charge in [-0.15, -0.1) is 11.6 Å². The number of benzene rings is 3. The number of hydrogen-bond acceptors (Lipinski definition) is 5. The molecule has 1 unspecified atom stereocenters. The third-order valence-corrected chi connectivity index (χ3v) is 6.04. The third kappa shape index (κ3) is 6.23. The van der Waals surface area contributed by atoms with E-state index in [1.807, 2.05) is 69.3 Å². The van der Waals surface area contributed by atoms with Crippen LogP contribution in [-0.4, -0.2) is 31.7 Å². The molecule has 1 N–H and O–H groups in total. The van der Waals surface area contributed by atoms with E-state index in [9.17, 15) is 4.79 Å². The normalized spacial score (nSPS) is 11.9. The second-order valence-corrected chi connectivity index (χ2v) is 9.43. The van der Waals surface area contributed by atoms with Crippen LogP contribution in [0.4, 0.5) is 0 Å². The number of aromatic amines is 1. The van der Waals surface area contributed by atoms with Gasteiger partial charge in [0, 0.05) is 10.9 Å². The number of allylic oxidation sites excluding steroid dienone is 2. The fourth-order valence-corrected chi connectivity index (χ4v) is 4.40. The molecule has 0 fully saturated rings. The van der Waals surface area contributed by atoms with Gasteiger partial charge in [-0.05, 0) is 56.0 Å². The van der Waals surface area contributed by atoms with Crippen LogP contribution in [0.25, 0.3) is 33.5 Å². The summed E-state index contributed by atoms with van der Waals surface area (Å²) in [4.78, 5) is 18.7. The molecule has 0 radical (unpaired) electrons. The summed E-state index contributed by atoms with van der Waals surface area (Å²) in [6.07, 6.45) is 3.87. The van der Waals surface area contributed by atoms with Crippen LogP contribution in [0.1, 0.15) is 31.9 Å². The van der Waals surface area contributed by atoms with E-state index in [0.717, 1.165) is 38.9 Å². The number of aryl methyl sites for hydroxylation is 1. The Kier molecular flexibility index (Phi) is 8.81. The molecule has 5 rings (SSSR count). The fraction of sp³-hybridized carbons (Fsp3) is 0.233. The van der Waals surface area contributed by atoms with Crippen molar-refractivity contribution in [3.63, 3.8) is 0 Å². The van der Waals surface area contributed by atoms with Gasteiger partial charge in [0.1, 0.15) is 0 Å². The molecule has 5 aromatic rings. The number of nitrogens with one attached hydrogen (secondary N) is 1. The maximum absolute atomic E-state index is 11.4. The third-order valence-electron chi connectivity index (χ3n) is 5.89. The van der Waals surface area contributed by atoms with Crippen LogP contribution in [0, 0.1) is 6.92 Å². The van der Waals surface area contributed by atoms with Crippen molar-refractivity contribution in [1.29, 1.82) is 0 Å². The van der Waals surface area contributed by atoms with Crippen LogP contribution in [-0.2, 0) is 6.54 Å². The zero-order chi connectivity index (χ0) is 27.1. The molecule has 2 aromatic heterocycles. The Morgan fingerprint density at radius 3 is 2.42 bits per heavy atom. The number of H-pyrrole nitrogens is 1. The minimum absolute atomic E-state index is 0.190. The van der Waals surface area contributed by atoms with E-state index in [1.54, 1.807) is 0 Å². The van der Waals surface area contributed by atoms with Crippen molar-refractivity contribution in [2.24, 2.45) is 0 Å². The molecule has 0 amide bonds. The molecule has 0 saturated carbocycles. The largest absolute Gasteiger partial charge is 0.465 e. The van der Waals surface area contributed by atoms with E-state index in [1.165, 1.54) is 0 Å². The first-order chi connectivity index (χ1) is 18.4. The van der Waals surface area contributed by atoms with Crippen molar-refractivity contribution in [1.82, 2.24) is 19.7 Å². The van der Waals surface area contributed by atoms with Crippen molar-refractivity contribution >= 4 is 22.6 Å². The number of imidazole rings is 1. The lowest BCUT2D eigenvalue weighted by Crippen LogP contribution is -2.05. The molecule has 0 saturated heterocycles. The predicted octanol–water partition coefficient (Wildman–Crippen LogP) is 6.99.